The van der Waals surface area contributed by atoms with Gasteiger partial charge in [-0.15, -0.1) is 0 Å². The van der Waals surface area contributed by atoms with E-state index >= 15 is 0 Å². The molecule has 0 spiro atoms. The van der Waals surface area contributed by atoms with Crippen molar-refractivity contribution in [1.29, 1.82) is 0 Å². The van der Waals surface area contributed by atoms with Crippen LogP contribution in [0.15, 0.2) is 0 Å². The average molecular weight is 300 g/mol. The monoisotopic (exact) mass is 300 g/mol. The molecule has 0 saturated heterocycles. The summed E-state index contributed by atoms with van der Waals surface area (Å²) in [6.07, 6.45) is 6.57. The van der Waals surface area contributed by atoms with E-state index in [0.29, 0.717) is 24.2 Å². The molecule has 4 heteroatoms. The Hall–Kier alpha value is 0.0700. The summed E-state index contributed by atoms with van der Waals surface area (Å²) in [5, 5.41) is -0.832. The SMILES string of the molecule is CCC(C)S(=O)(O)(O)C1CC2CC1C1C3CCC(C3)C21. The van der Waals surface area contributed by atoms with Crippen LogP contribution in [-0.2, 0) is 9.63 Å². The molecule has 116 valence electrons. The lowest BCUT2D eigenvalue weighted by Gasteiger charge is -2.49. The van der Waals surface area contributed by atoms with E-state index in [9.17, 15) is 13.3 Å². The normalized spacial score (nSPS) is 52.8. The van der Waals surface area contributed by atoms with E-state index in [1.54, 1.807) is 6.92 Å². The summed E-state index contributed by atoms with van der Waals surface area (Å²) in [5.74, 6) is 4.13. The second kappa shape index (κ2) is 3.88. The van der Waals surface area contributed by atoms with Gasteiger partial charge in [-0.1, -0.05) is 6.92 Å². The molecule has 4 saturated carbocycles. The van der Waals surface area contributed by atoms with Gasteiger partial charge in [0.05, 0.1) is 20.1 Å². The van der Waals surface area contributed by atoms with E-state index < -0.39 is 14.9 Å². The van der Waals surface area contributed by atoms with Crippen LogP contribution in [0.5, 0.6) is 0 Å². The summed E-state index contributed by atoms with van der Waals surface area (Å²) in [6.45, 7) is 3.65. The van der Waals surface area contributed by atoms with Gasteiger partial charge in [0.25, 0.3) is 0 Å². The van der Waals surface area contributed by atoms with Crippen LogP contribution in [0.1, 0.15) is 52.4 Å². The molecule has 0 amide bonds. The van der Waals surface area contributed by atoms with Gasteiger partial charge in [-0.2, -0.15) is 0 Å². The Morgan fingerprint density at radius 3 is 2.35 bits per heavy atom. The Morgan fingerprint density at radius 1 is 1.05 bits per heavy atom. The van der Waals surface area contributed by atoms with Crippen molar-refractivity contribution in [2.75, 3.05) is 0 Å². The fourth-order valence-electron chi connectivity index (χ4n) is 6.63. The topological polar surface area (TPSA) is 57.5 Å². The van der Waals surface area contributed by atoms with Crippen LogP contribution in [0.3, 0.4) is 0 Å². The molecule has 3 nitrogen and oxygen atoms in total. The summed E-state index contributed by atoms with van der Waals surface area (Å²) in [4.78, 5) is 0. The first-order valence-electron chi connectivity index (χ1n) is 8.46. The van der Waals surface area contributed by atoms with E-state index in [4.69, 9.17) is 0 Å². The highest BCUT2D eigenvalue weighted by atomic mass is 32.3. The molecule has 0 aromatic carbocycles. The van der Waals surface area contributed by atoms with Crippen molar-refractivity contribution in [2.24, 2.45) is 35.5 Å². The zero-order chi connectivity index (χ0) is 14.3. The highest BCUT2D eigenvalue weighted by Crippen LogP contribution is 2.69. The lowest BCUT2D eigenvalue weighted by molar-refractivity contribution is 0.140. The molecule has 0 radical (unpaired) electrons. The predicted molar refractivity (Wildman–Crippen MR) is 81.0 cm³/mol. The van der Waals surface area contributed by atoms with Crippen molar-refractivity contribution in [2.45, 2.75) is 62.9 Å². The van der Waals surface area contributed by atoms with Crippen LogP contribution in [0, 0.1) is 35.5 Å². The molecule has 2 N–H and O–H groups in total. The van der Waals surface area contributed by atoms with Gasteiger partial charge in [0.15, 0.2) is 0 Å². The van der Waals surface area contributed by atoms with Gasteiger partial charge in [0, 0.05) is 0 Å². The largest absolute Gasteiger partial charge is 0.307 e. The Labute approximate surface area is 122 Å². The molecule has 0 aromatic heterocycles. The van der Waals surface area contributed by atoms with Crippen molar-refractivity contribution in [3.05, 3.63) is 0 Å². The van der Waals surface area contributed by atoms with Crippen molar-refractivity contribution < 1.29 is 13.3 Å². The molecular formula is C16H28O3S. The van der Waals surface area contributed by atoms with Crippen LogP contribution in [-0.4, -0.2) is 23.8 Å². The van der Waals surface area contributed by atoms with Crippen LogP contribution >= 0.6 is 0 Å². The van der Waals surface area contributed by atoms with Gasteiger partial charge in [-0.25, -0.2) is 4.21 Å². The minimum Gasteiger partial charge on any atom is -0.307 e. The Bertz CT molecular complexity index is 496. The van der Waals surface area contributed by atoms with Crippen LogP contribution in [0.25, 0.3) is 0 Å². The Kier molecular flexibility index (Phi) is 2.66. The fourth-order valence-corrected chi connectivity index (χ4v) is 9.41. The van der Waals surface area contributed by atoms with E-state index in [1.165, 1.54) is 19.3 Å². The summed E-state index contributed by atoms with van der Waals surface area (Å²) in [5.41, 5.74) is 0. The number of hydrogen-bond acceptors (Lipinski definition) is 1. The minimum absolute atomic E-state index is 0.323. The molecule has 4 rings (SSSR count). The van der Waals surface area contributed by atoms with E-state index in [0.717, 1.165) is 30.6 Å². The van der Waals surface area contributed by atoms with Crippen molar-refractivity contribution in [3.63, 3.8) is 0 Å². The second-order valence-electron chi connectivity index (χ2n) is 8.12. The Morgan fingerprint density at radius 2 is 1.70 bits per heavy atom. The number of rotatable bonds is 3. The van der Waals surface area contributed by atoms with Crippen LogP contribution < -0.4 is 0 Å². The maximum atomic E-state index is 13.0. The van der Waals surface area contributed by atoms with Gasteiger partial charge < -0.3 is 9.11 Å². The molecule has 4 aliphatic rings. The molecule has 8 unspecified atom stereocenters. The zero-order valence-corrected chi connectivity index (χ0v) is 13.4. The summed E-state index contributed by atoms with van der Waals surface area (Å²) >= 11 is 0. The summed E-state index contributed by atoms with van der Waals surface area (Å²) in [7, 11) is -4.47. The third-order valence-electron chi connectivity index (χ3n) is 7.57. The van der Waals surface area contributed by atoms with Gasteiger partial charge in [-0.05, 0) is 81.0 Å². The first kappa shape index (κ1) is 13.7. The highest BCUT2D eigenvalue weighted by molar-refractivity contribution is 8.11. The molecule has 4 aliphatic carbocycles. The standard InChI is InChI=1S/C16H28O3S/c1-3-9(2)20(17,18,19)14-8-12-7-13(14)16-11-5-4-10(6-11)15(12)16/h9-16H,3-8H2,1-2H3,(H2,17,18,19). The third-order valence-corrected chi connectivity index (χ3v) is 11.1. The van der Waals surface area contributed by atoms with Gasteiger partial charge in [0.2, 0.25) is 0 Å². The van der Waals surface area contributed by atoms with Crippen LogP contribution in [0.2, 0.25) is 0 Å². The van der Waals surface area contributed by atoms with Crippen molar-refractivity contribution in [1.82, 2.24) is 0 Å². The first-order valence-corrected chi connectivity index (χ1v) is 10.5. The first-order chi connectivity index (χ1) is 9.32. The predicted octanol–water partition coefficient (Wildman–Crippen LogP) is 3.62. The lowest BCUT2D eigenvalue weighted by Crippen LogP contribution is -2.56. The maximum absolute atomic E-state index is 13.0. The smallest absolute Gasteiger partial charge is 0.0881 e. The summed E-state index contributed by atoms with van der Waals surface area (Å²) < 4.78 is 34.4. The van der Waals surface area contributed by atoms with Gasteiger partial charge >= 0.3 is 0 Å². The van der Waals surface area contributed by atoms with Crippen molar-refractivity contribution in [3.8, 4) is 0 Å². The quantitative estimate of drug-likeness (QED) is 0.783. The highest BCUT2D eigenvalue weighted by Gasteiger charge is 2.67. The molecule has 4 fully saturated rings. The van der Waals surface area contributed by atoms with Gasteiger partial charge in [-0.3, -0.25) is 0 Å². The maximum Gasteiger partial charge on any atom is 0.0881 e. The Balaban J connectivity index is 1.67. The fraction of sp³-hybridized carbons (Fsp3) is 1.00. The number of hydrogen-bond donors (Lipinski definition) is 2. The average Bonchev–Trinajstić information content (AvgIpc) is 3.13. The van der Waals surface area contributed by atoms with E-state index in [-0.39, 0.29) is 5.25 Å². The zero-order valence-electron chi connectivity index (χ0n) is 12.6. The molecule has 20 heavy (non-hydrogen) atoms. The second-order valence-corrected chi connectivity index (χ2v) is 11.5. The molecule has 0 heterocycles. The van der Waals surface area contributed by atoms with Crippen molar-refractivity contribution >= 4 is 9.63 Å². The molecule has 8 atom stereocenters. The van der Waals surface area contributed by atoms with Gasteiger partial charge in [0.1, 0.15) is 0 Å². The molecule has 0 aliphatic heterocycles. The van der Waals surface area contributed by atoms with E-state index in [2.05, 4.69) is 0 Å². The summed E-state index contributed by atoms with van der Waals surface area (Å²) in [6, 6.07) is 0. The minimum atomic E-state index is -4.47. The van der Waals surface area contributed by atoms with E-state index in [1.807, 2.05) is 6.92 Å². The third kappa shape index (κ3) is 1.51. The van der Waals surface area contributed by atoms with Crippen LogP contribution in [0.4, 0.5) is 0 Å². The molecule has 0 aromatic rings. The lowest BCUT2D eigenvalue weighted by atomic mass is 9.71. The molecule has 4 bridgehead atoms. The molecular weight excluding hydrogens is 272 g/mol. The number of fused-ring (bicyclic) bond motifs is 9.